The van der Waals surface area contributed by atoms with Gasteiger partial charge in [0.25, 0.3) is 0 Å². The highest BCUT2D eigenvalue weighted by Gasteiger charge is 2.20. The Balaban J connectivity index is 1.93. The normalized spacial score (nSPS) is 32.8. The van der Waals surface area contributed by atoms with Gasteiger partial charge < -0.3 is 4.74 Å². The number of hydrogen-bond donors (Lipinski definition) is 0. The van der Waals surface area contributed by atoms with Crippen molar-refractivity contribution >= 4 is 5.71 Å². The molecule has 1 unspecified atom stereocenters. The van der Waals surface area contributed by atoms with Crippen LogP contribution in [0.15, 0.2) is 5.10 Å². The third kappa shape index (κ3) is 2.21. The molecule has 2 aliphatic rings. The van der Waals surface area contributed by atoms with Gasteiger partial charge >= 0.3 is 0 Å². The summed E-state index contributed by atoms with van der Waals surface area (Å²) in [6.07, 6.45) is 5.24. The fourth-order valence-corrected chi connectivity index (χ4v) is 1.93. The third-order valence-electron chi connectivity index (χ3n) is 2.80. The fourth-order valence-electron chi connectivity index (χ4n) is 1.93. The molecule has 13 heavy (non-hydrogen) atoms. The minimum atomic E-state index is 0.252. The molecule has 0 bridgehead atoms. The van der Waals surface area contributed by atoms with E-state index in [9.17, 15) is 0 Å². The molecule has 0 N–H and O–H groups in total. The van der Waals surface area contributed by atoms with Crippen molar-refractivity contribution in [1.82, 2.24) is 5.01 Å². The second-order valence-electron chi connectivity index (χ2n) is 3.87. The molecule has 2 rings (SSSR count). The van der Waals surface area contributed by atoms with E-state index in [0.29, 0.717) is 0 Å². The van der Waals surface area contributed by atoms with Crippen LogP contribution in [0.3, 0.4) is 0 Å². The molecule has 2 saturated heterocycles. The molecule has 0 amide bonds. The van der Waals surface area contributed by atoms with E-state index in [0.717, 1.165) is 26.1 Å². The van der Waals surface area contributed by atoms with Gasteiger partial charge in [0.1, 0.15) is 0 Å². The number of nitrogens with zero attached hydrogens (tertiary/aromatic N) is 2. The molecule has 2 heterocycles. The first-order valence-corrected chi connectivity index (χ1v) is 5.30. The predicted molar refractivity (Wildman–Crippen MR) is 52.9 cm³/mol. The number of hydrogen-bond acceptors (Lipinski definition) is 3. The molecule has 0 aromatic heterocycles. The van der Waals surface area contributed by atoms with Crippen molar-refractivity contribution in [2.45, 2.75) is 38.7 Å². The Morgan fingerprint density at radius 2 is 2.08 bits per heavy atom. The summed E-state index contributed by atoms with van der Waals surface area (Å²) in [5.41, 5.74) is 1.24. The maximum Gasteiger partial charge on any atom is 0.0946 e. The van der Waals surface area contributed by atoms with Crippen molar-refractivity contribution in [3.05, 3.63) is 0 Å². The smallest absolute Gasteiger partial charge is 0.0946 e. The summed E-state index contributed by atoms with van der Waals surface area (Å²) < 4.78 is 5.45. The lowest BCUT2D eigenvalue weighted by Gasteiger charge is -2.24. The van der Waals surface area contributed by atoms with Gasteiger partial charge in [0.15, 0.2) is 0 Å². The van der Waals surface area contributed by atoms with Gasteiger partial charge in [-0.3, -0.25) is 5.01 Å². The minimum Gasteiger partial charge on any atom is -0.372 e. The molecule has 2 aliphatic heterocycles. The van der Waals surface area contributed by atoms with Crippen LogP contribution in [0.4, 0.5) is 0 Å². The highest BCUT2D eigenvalue weighted by atomic mass is 16.5. The zero-order chi connectivity index (χ0) is 9.10. The molecule has 3 nitrogen and oxygen atoms in total. The first kappa shape index (κ1) is 9.00. The number of piperidine rings is 1. The van der Waals surface area contributed by atoms with Gasteiger partial charge in [-0.1, -0.05) is 0 Å². The van der Waals surface area contributed by atoms with Crippen molar-refractivity contribution < 1.29 is 4.74 Å². The van der Waals surface area contributed by atoms with E-state index in [1.807, 2.05) is 0 Å². The lowest BCUT2D eigenvalue weighted by atomic mass is 10.2. The van der Waals surface area contributed by atoms with Gasteiger partial charge in [0.05, 0.1) is 18.4 Å². The first-order chi connectivity index (χ1) is 6.36. The summed E-state index contributed by atoms with van der Waals surface area (Å²) >= 11 is 0. The monoisotopic (exact) mass is 182 g/mol. The molecule has 0 spiro atoms. The second-order valence-corrected chi connectivity index (χ2v) is 3.87. The third-order valence-corrected chi connectivity index (χ3v) is 2.80. The quantitative estimate of drug-likeness (QED) is 0.616. The molecule has 0 saturated carbocycles. The molecule has 0 radical (unpaired) electrons. The summed E-state index contributed by atoms with van der Waals surface area (Å²) in [5.74, 6) is 0. The number of rotatable bonds is 1. The van der Waals surface area contributed by atoms with Crippen molar-refractivity contribution in [3.63, 3.8) is 0 Å². The van der Waals surface area contributed by atoms with Crippen LogP contribution in [0.25, 0.3) is 0 Å². The maximum absolute atomic E-state index is 5.45. The van der Waals surface area contributed by atoms with Crippen LogP contribution in [0, 0.1) is 0 Å². The topological polar surface area (TPSA) is 24.8 Å². The highest BCUT2D eigenvalue weighted by molar-refractivity contribution is 5.89. The van der Waals surface area contributed by atoms with Gasteiger partial charge in [-0.2, -0.15) is 5.10 Å². The molecule has 3 heteroatoms. The Morgan fingerprint density at radius 1 is 1.31 bits per heavy atom. The Morgan fingerprint density at radius 3 is 2.69 bits per heavy atom. The van der Waals surface area contributed by atoms with Crippen molar-refractivity contribution in [2.75, 3.05) is 19.7 Å². The summed E-state index contributed by atoms with van der Waals surface area (Å²) in [4.78, 5) is 0. The largest absolute Gasteiger partial charge is 0.372 e. The molecule has 0 aromatic rings. The van der Waals surface area contributed by atoms with Gasteiger partial charge in [-0.15, -0.1) is 0 Å². The Bertz CT molecular complexity index is 197. The summed E-state index contributed by atoms with van der Waals surface area (Å²) in [6.45, 7) is 5.22. The Labute approximate surface area is 79.8 Å². The molecule has 1 atom stereocenters. The minimum absolute atomic E-state index is 0.252. The molecule has 0 aromatic carbocycles. The number of hydrazone groups is 1. The average Bonchev–Trinajstić information content (AvgIpc) is 2.54. The van der Waals surface area contributed by atoms with Gasteiger partial charge in [0.2, 0.25) is 0 Å². The van der Waals surface area contributed by atoms with Gasteiger partial charge in [-0.05, 0) is 26.2 Å². The SMILES string of the molecule is CC1OCC/C1=N/N1CCCCC1. The fraction of sp³-hybridized carbons (Fsp3) is 0.900. The second kappa shape index (κ2) is 4.09. The van der Waals surface area contributed by atoms with E-state index in [1.54, 1.807) is 0 Å². The van der Waals surface area contributed by atoms with Crippen LogP contribution < -0.4 is 0 Å². The van der Waals surface area contributed by atoms with Crippen LogP contribution >= 0.6 is 0 Å². The molecular weight excluding hydrogens is 164 g/mol. The van der Waals surface area contributed by atoms with Gasteiger partial charge in [-0.25, -0.2) is 0 Å². The van der Waals surface area contributed by atoms with Crippen LogP contribution in [0.2, 0.25) is 0 Å². The van der Waals surface area contributed by atoms with Crippen LogP contribution in [0.1, 0.15) is 32.6 Å². The average molecular weight is 182 g/mol. The summed E-state index contributed by atoms with van der Waals surface area (Å²) in [7, 11) is 0. The molecule has 2 fully saturated rings. The molecule has 74 valence electrons. The van der Waals surface area contributed by atoms with E-state index in [4.69, 9.17) is 4.74 Å². The Hall–Kier alpha value is -0.570. The van der Waals surface area contributed by atoms with E-state index in [1.165, 1.54) is 25.0 Å². The van der Waals surface area contributed by atoms with Gasteiger partial charge in [0, 0.05) is 19.5 Å². The summed E-state index contributed by atoms with van der Waals surface area (Å²) in [6, 6.07) is 0. The first-order valence-electron chi connectivity index (χ1n) is 5.30. The van der Waals surface area contributed by atoms with Crippen LogP contribution in [-0.4, -0.2) is 36.5 Å². The predicted octanol–water partition coefficient (Wildman–Crippen LogP) is 1.64. The zero-order valence-corrected chi connectivity index (χ0v) is 8.33. The lowest BCUT2D eigenvalue weighted by Crippen LogP contribution is -2.27. The van der Waals surface area contributed by atoms with E-state index >= 15 is 0 Å². The standard InChI is InChI=1S/C10H18N2O/c1-9-10(5-8-13-9)11-12-6-3-2-4-7-12/h9H,2-8H2,1H3/b11-10-. The zero-order valence-electron chi connectivity index (χ0n) is 8.33. The van der Waals surface area contributed by atoms with Crippen molar-refractivity contribution in [2.24, 2.45) is 5.10 Å². The molecule has 0 aliphatic carbocycles. The van der Waals surface area contributed by atoms with Crippen molar-refractivity contribution in [1.29, 1.82) is 0 Å². The van der Waals surface area contributed by atoms with Crippen LogP contribution in [-0.2, 0) is 4.74 Å². The van der Waals surface area contributed by atoms with E-state index in [-0.39, 0.29) is 6.10 Å². The maximum atomic E-state index is 5.45. The lowest BCUT2D eigenvalue weighted by molar-refractivity contribution is 0.144. The van der Waals surface area contributed by atoms with Crippen molar-refractivity contribution in [3.8, 4) is 0 Å². The Kier molecular flexibility index (Phi) is 2.83. The van der Waals surface area contributed by atoms with E-state index < -0.39 is 0 Å². The van der Waals surface area contributed by atoms with Crippen LogP contribution in [0.5, 0.6) is 0 Å². The molecular formula is C10H18N2O. The summed E-state index contributed by atoms with van der Waals surface area (Å²) in [5, 5.41) is 6.85. The highest BCUT2D eigenvalue weighted by Crippen LogP contribution is 2.14. The van der Waals surface area contributed by atoms with E-state index in [2.05, 4.69) is 17.0 Å². The number of ether oxygens (including phenoxy) is 1.